The van der Waals surface area contributed by atoms with Crippen LogP contribution in [0.1, 0.15) is 35.6 Å². The molecular formula is C25H29N3O3. The van der Waals surface area contributed by atoms with Gasteiger partial charge >= 0.3 is 6.03 Å². The van der Waals surface area contributed by atoms with E-state index < -0.39 is 5.54 Å². The minimum absolute atomic E-state index is 0.213. The molecule has 1 heterocycles. The number of carbonyl (C=O) groups excluding carboxylic acids is 2. The van der Waals surface area contributed by atoms with E-state index in [1.54, 1.807) is 13.0 Å². The van der Waals surface area contributed by atoms with E-state index in [4.69, 9.17) is 4.74 Å². The summed E-state index contributed by atoms with van der Waals surface area (Å²) in [5.41, 5.74) is 3.53. The van der Waals surface area contributed by atoms with Gasteiger partial charge in [0.15, 0.2) is 0 Å². The van der Waals surface area contributed by atoms with Gasteiger partial charge in [-0.3, -0.25) is 9.69 Å². The van der Waals surface area contributed by atoms with Crippen LogP contribution in [0.3, 0.4) is 0 Å². The molecule has 31 heavy (non-hydrogen) atoms. The molecule has 0 unspecified atom stereocenters. The van der Waals surface area contributed by atoms with Crippen molar-refractivity contribution in [3.8, 4) is 5.75 Å². The highest BCUT2D eigenvalue weighted by Gasteiger charge is 2.49. The van der Waals surface area contributed by atoms with Crippen molar-refractivity contribution in [2.24, 2.45) is 0 Å². The average Bonchev–Trinajstić information content (AvgIpc) is 3.31. The van der Waals surface area contributed by atoms with Crippen LogP contribution in [0.4, 0.5) is 4.79 Å². The number of amides is 3. The van der Waals surface area contributed by atoms with Gasteiger partial charge in [-0.15, -0.1) is 0 Å². The van der Waals surface area contributed by atoms with E-state index in [1.165, 1.54) is 16.0 Å². The maximum absolute atomic E-state index is 13.3. The molecular weight excluding hydrogens is 390 g/mol. The predicted molar refractivity (Wildman–Crippen MR) is 120 cm³/mol. The maximum atomic E-state index is 13.3. The van der Waals surface area contributed by atoms with Crippen molar-refractivity contribution in [1.82, 2.24) is 15.1 Å². The molecule has 1 aliphatic carbocycles. The zero-order chi connectivity index (χ0) is 22.0. The lowest BCUT2D eigenvalue weighted by Gasteiger charge is -2.25. The summed E-state index contributed by atoms with van der Waals surface area (Å²) in [5, 5.41) is 2.92. The highest BCUT2D eigenvalue weighted by Crippen LogP contribution is 2.32. The molecule has 2 aliphatic rings. The molecule has 1 fully saturated rings. The molecule has 162 valence electrons. The number of hydrogen-bond acceptors (Lipinski definition) is 4. The fourth-order valence-corrected chi connectivity index (χ4v) is 4.35. The van der Waals surface area contributed by atoms with Crippen LogP contribution in [-0.2, 0) is 29.7 Å². The second-order valence-electron chi connectivity index (χ2n) is 8.52. The third-order valence-electron chi connectivity index (χ3n) is 6.08. The molecule has 1 N–H and O–H groups in total. The first-order chi connectivity index (χ1) is 14.9. The summed E-state index contributed by atoms with van der Waals surface area (Å²) in [6, 6.07) is 13.6. The topological polar surface area (TPSA) is 61.9 Å². The van der Waals surface area contributed by atoms with E-state index in [0.717, 1.165) is 36.1 Å². The van der Waals surface area contributed by atoms with Crippen molar-refractivity contribution in [2.45, 2.75) is 38.3 Å². The van der Waals surface area contributed by atoms with Crippen LogP contribution in [0, 0.1) is 0 Å². The number of ether oxygens (including phenoxy) is 1. The molecule has 1 aliphatic heterocycles. The summed E-state index contributed by atoms with van der Waals surface area (Å²) < 4.78 is 5.51. The second kappa shape index (κ2) is 8.55. The number of hydrogen-bond donors (Lipinski definition) is 1. The molecule has 3 amide bonds. The minimum Gasteiger partial charge on any atom is -0.490 e. The molecule has 0 bridgehead atoms. The standard InChI is InChI=1S/C25H29N3O3/c1-4-14-31-22-12-8-18(9-13-22)16-27(3)17-28-23(29)25(2,26-24(28)30)21-11-10-19-6-5-7-20(19)15-21/h4,8-13,15H,1,5-7,14,16-17H2,2-3H3,(H,26,30)/t25-/m0/s1. The number of carbonyl (C=O) groups is 2. The van der Waals surface area contributed by atoms with Crippen LogP contribution < -0.4 is 10.1 Å². The summed E-state index contributed by atoms with van der Waals surface area (Å²) >= 11 is 0. The van der Waals surface area contributed by atoms with Crippen molar-refractivity contribution >= 4 is 11.9 Å². The summed E-state index contributed by atoms with van der Waals surface area (Å²) in [6.07, 6.45) is 4.97. The Morgan fingerprint density at radius 3 is 2.65 bits per heavy atom. The van der Waals surface area contributed by atoms with E-state index in [-0.39, 0.29) is 18.6 Å². The Hall–Kier alpha value is -3.12. The Kier molecular flexibility index (Phi) is 5.83. The van der Waals surface area contributed by atoms with E-state index in [9.17, 15) is 9.59 Å². The number of benzene rings is 2. The second-order valence-corrected chi connectivity index (χ2v) is 8.52. The van der Waals surface area contributed by atoms with Gasteiger partial charge in [-0.2, -0.15) is 0 Å². The summed E-state index contributed by atoms with van der Waals surface area (Å²) in [5.74, 6) is 0.570. The molecule has 1 atom stereocenters. The van der Waals surface area contributed by atoms with Crippen LogP contribution in [0.2, 0.25) is 0 Å². The van der Waals surface area contributed by atoms with Crippen molar-refractivity contribution < 1.29 is 14.3 Å². The molecule has 0 radical (unpaired) electrons. The van der Waals surface area contributed by atoms with Crippen molar-refractivity contribution in [1.29, 1.82) is 0 Å². The Bertz CT molecular complexity index is 1000. The summed E-state index contributed by atoms with van der Waals surface area (Å²) in [7, 11) is 1.90. The zero-order valence-electron chi connectivity index (χ0n) is 18.2. The van der Waals surface area contributed by atoms with Gasteiger partial charge in [0.25, 0.3) is 5.91 Å². The number of fused-ring (bicyclic) bond motifs is 1. The minimum atomic E-state index is -1.03. The summed E-state index contributed by atoms with van der Waals surface area (Å²) in [4.78, 5) is 29.2. The first-order valence-corrected chi connectivity index (χ1v) is 10.7. The first-order valence-electron chi connectivity index (χ1n) is 10.7. The molecule has 0 saturated carbocycles. The molecule has 2 aromatic carbocycles. The Balaban J connectivity index is 1.42. The fraction of sp³-hybridized carbons (Fsp3) is 0.360. The third kappa shape index (κ3) is 4.21. The van der Waals surface area contributed by atoms with Gasteiger partial charge in [0.1, 0.15) is 17.9 Å². The Morgan fingerprint density at radius 2 is 1.90 bits per heavy atom. The van der Waals surface area contributed by atoms with Crippen LogP contribution in [-0.4, -0.2) is 42.1 Å². The molecule has 0 aromatic heterocycles. The Morgan fingerprint density at radius 1 is 1.16 bits per heavy atom. The summed E-state index contributed by atoms with van der Waals surface area (Å²) in [6.45, 7) is 6.73. The Labute approximate surface area is 183 Å². The molecule has 4 rings (SSSR count). The lowest BCUT2D eigenvalue weighted by molar-refractivity contribution is -0.132. The maximum Gasteiger partial charge on any atom is 0.326 e. The van der Waals surface area contributed by atoms with E-state index in [1.807, 2.05) is 42.3 Å². The van der Waals surface area contributed by atoms with E-state index >= 15 is 0 Å². The normalized spacial score (nSPS) is 20.2. The predicted octanol–water partition coefficient (Wildman–Crippen LogP) is 3.60. The van der Waals surface area contributed by atoms with Crippen LogP contribution in [0.5, 0.6) is 5.75 Å². The lowest BCUT2D eigenvalue weighted by atomic mass is 9.90. The van der Waals surface area contributed by atoms with Gasteiger partial charge in [-0.05, 0) is 67.6 Å². The number of nitrogens with zero attached hydrogens (tertiary/aromatic N) is 2. The third-order valence-corrected chi connectivity index (χ3v) is 6.08. The highest BCUT2D eigenvalue weighted by molar-refractivity contribution is 6.07. The number of urea groups is 1. The van der Waals surface area contributed by atoms with Gasteiger partial charge in [0.05, 0.1) is 6.67 Å². The first kappa shape index (κ1) is 21.1. The van der Waals surface area contributed by atoms with Crippen LogP contribution >= 0.6 is 0 Å². The van der Waals surface area contributed by atoms with Crippen LogP contribution in [0.15, 0.2) is 55.1 Å². The molecule has 1 saturated heterocycles. The number of rotatable bonds is 8. The van der Waals surface area contributed by atoms with Gasteiger partial charge in [-0.1, -0.05) is 43.0 Å². The van der Waals surface area contributed by atoms with E-state index in [2.05, 4.69) is 24.0 Å². The fourth-order valence-electron chi connectivity index (χ4n) is 4.35. The van der Waals surface area contributed by atoms with Gasteiger partial charge in [0.2, 0.25) is 0 Å². The monoisotopic (exact) mass is 419 g/mol. The lowest BCUT2D eigenvalue weighted by Crippen LogP contribution is -2.42. The van der Waals surface area contributed by atoms with Crippen molar-refractivity contribution in [3.63, 3.8) is 0 Å². The quantitative estimate of drug-likeness (QED) is 0.525. The van der Waals surface area contributed by atoms with Crippen LogP contribution in [0.25, 0.3) is 0 Å². The number of imide groups is 1. The van der Waals surface area contributed by atoms with Gasteiger partial charge < -0.3 is 10.1 Å². The van der Waals surface area contributed by atoms with Crippen molar-refractivity contribution in [2.75, 3.05) is 20.3 Å². The largest absolute Gasteiger partial charge is 0.490 e. The molecule has 6 heteroatoms. The molecule has 0 spiro atoms. The smallest absolute Gasteiger partial charge is 0.326 e. The number of aryl methyl sites for hydroxylation is 2. The van der Waals surface area contributed by atoms with Crippen molar-refractivity contribution in [3.05, 3.63) is 77.4 Å². The van der Waals surface area contributed by atoms with Gasteiger partial charge in [0, 0.05) is 6.54 Å². The molecule has 2 aromatic rings. The highest BCUT2D eigenvalue weighted by atomic mass is 16.5. The molecule has 6 nitrogen and oxygen atoms in total. The van der Waals surface area contributed by atoms with E-state index in [0.29, 0.717) is 13.2 Å². The SMILES string of the molecule is C=CCOc1ccc(CN(C)CN2C(=O)N[C@@](C)(c3ccc4c(c3)CCC4)C2=O)cc1. The average molecular weight is 420 g/mol. The van der Waals surface area contributed by atoms with Gasteiger partial charge in [-0.25, -0.2) is 9.69 Å². The zero-order valence-corrected chi connectivity index (χ0v) is 18.2. The number of nitrogens with one attached hydrogen (secondary N) is 1.